The molecule has 0 radical (unpaired) electrons. The zero-order valence-corrected chi connectivity index (χ0v) is 15.9. The van der Waals surface area contributed by atoms with E-state index in [9.17, 15) is 27.6 Å². The highest BCUT2D eigenvalue weighted by Gasteiger charge is 2.30. The van der Waals surface area contributed by atoms with Gasteiger partial charge < -0.3 is 10.6 Å². The monoisotopic (exact) mass is 434 g/mol. The Morgan fingerprint density at radius 1 is 1.21 bits per heavy atom. The summed E-state index contributed by atoms with van der Waals surface area (Å²) in [6.07, 6.45) is -3.23. The van der Waals surface area contributed by atoms with Gasteiger partial charge in [0.25, 0.3) is 5.56 Å². The predicted octanol–water partition coefficient (Wildman–Crippen LogP) is 2.39. The molecule has 0 bridgehead atoms. The van der Waals surface area contributed by atoms with E-state index in [0.717, 1.165) is 40.7 Å². The third-order valence-corrected chi connectivity index (χ3v) is 4.88. The minimum Gasteiger partial charge on any atom is -0.358 e. The zero-order valence-electron chi connectivity index (χ0n) is 14.3. The van der Waals surface area contributed by atoms with Gasteiger partial charge >= 0.3 is 6.18 Å². The fourth-order valence-electron chi connectivity index (χ4n) is 1.96. The lowest BCUT2D eigenvalue weighted by Gasteiger charge is -2.10. The van der Waals surface area contributed by atoms with E-state index in [0.29, 0.717) is 0 Å². The van der Waals surface area contributed by atoms with Crippen LogP contribution in [-0.4, -0.2) is 34.4 Å². The van der Waals surface area contributed by atoms with Crippen LogP contribution in [0.2, 0.25) is 5.02 Å². The molecule has 12 heteroatoms. The van der Waals surface area contributed by atoms with Crippen molar-refractivity contribution in [2.24, 2.45) is 0 Å². The second-order valence-corrected chi connectivity index (χ2v) is 6.77. The van der Waals surface area contributed by atoms with Crippen LogP contribution in [0.1, 0.15) is 5.56 Å². The molecule has 0 spiro atoms. The van der Waals surface area contributed by atoms with Gasteiger partial charge in [0.05, 0.1) is 22.4 Å². The number of nitrogens with zero attached hydrogens (tertiary/aromatic N) is 2. The van der Waals surface area contributed by atoms with E-state index in [1.807, 2.05) is 0 Å². The number of aromatic nitrogens is 2. The Morgan fingerprint density at radius 3 is 2.43 bits per heavy atom. The predicted molar refractivity (Wildman–Crippen MR) is 98.4 cm³/mol. The van der Waals surface area contributed by atoms with Gasteiger partial charge in [-0.2, -0.15) is 18.3 Å². The molecule has 1 aromatic heterocycles. The highest BCUT2D eigenvalue weighted by molar-refractivity contribution is 8.00. The molecule has 0 saturated heterocycles. The number of nitrogens with one attached hydrogen (secondary N) is 2. The van der Waals surface area contributed by atoms with Crippen molar-refractivity contribution >= 4 is 40.9 Å². The second kappa shape index (κ2) is 9.11. The number of rotatable bonds is 6. The fourth-order valence-corrected chi connectivity index (χ4v) is 3.03. The summed E-state index contributed by atoms with van der Waals surface area (Å²) in [5.74, 6) is -0.896. The molecule has 0 aliphatic carbocycles. The van der Waals surface area contributed by atoms with Crippen LogP contribution < -0.4 is 16.2 Å². The van der Waals surface area contributed by atoms with Crippen LogP contribution in [0.15, 0.2) is 40.2 Å². The molecule has 1 heterocycles. The minimum absolute atomic E-state index is 0.0375. The molecule has 1 aromatic carbocycles. The third kappa shape index (κ3) is 5.73. The Balaban J connectivity index is 2.04. The van der Waals surface area contributed by atoms with E-state index in [4.69, 9.17) is 11.6 Å². The minimum atomic E-state index is -4.48. The Morgan fingerprint density at radius 2 is 1.86 bits per heavy atom. The molecule has 0 atom stereocenters. The van der Waals surface area contributed by atoms with Gasteiger partial charge in [-0.05, 0) is 24.3 Å². The van der Waals surface area contributed by atoms with Gasteiger partial charge in [-0.3, -0.25) is 14.4 Å². The first-order chi connectivity index (χ1) is 13.1. The van der Waals surface area contributed by atoms with E-state index < -0.39 is 29.8 Å². The van der Waals surface area contributed by atoms with Crippen molar-refractivity contribution in [3.8, 4) is 0 Å². The molecule has 28 heavy (non-hydrogen) atoms. The van der Waals surface area contributed by atoms with Gasteiger partial charge in [0, 0.05) is 12.7 Å². The number of alkyl halides is 3. The summed E-state index contributed by atoms with van der Waals surface area (Å²) in [7, 11) is 1.47. The van der Waals surface area contributed by atoms with E-state index in [1.165, 1.54) is 13.2 Å². The number of carbonyl (C=O) groups is 2. The van der Waals surface area contributed by atoms with Crippen molar-refractivity contribution in [3.05, 3.63) is 51.4 Å². The Hall–Kier alpha value is -2.53. The van der Waals surface area contributed by atoms with Crippen molar-refractivity contribution in [1.82, 2.24) is 15.1 Å². The number of anilines is 1. The smallest absolute Gasteiger partial charge is 0.358 e. The lowest BCUT2D eigenvalue weighted by atomic mass is 10.2. The summed E-state index contributed by atoms with van der Waals surface area (Å²) in [5, 5.41) is 8.43. The van der Waals surface area contributed by atoms with Crippen LogP contribution in [0, 0.1) is 0 Å². The molecule has 7 nitrogen and oxygen atoms in total. The van der Waals surface area contributed by atoms with Crippen LogP contribution in [0.25, 0.3) is 0 Å². The van der Waals surface area contributed by atoms with Crippen molar-refractivity contribution in [1.29, 1.82) is 0 Å². The normalized spacial score (nSPS) is 11.2. The SMILES string of the molecule is CNC(=O)CSc1cnn(CC(=O)Nc2ccc(C(F)(F)F)cc2)c(=O)c1Cl. The number of amides is 2. The van der Waals surface area contributed by atoms with Crippen LogP contribution in [0.3, 0.4) is 0 Å². The largest absolute Gasteiger partial charge is 0.416 e. The molecule has 2 N–H and O–H groups in total. The lowest BCUT2D eigenvalue weighted by molar-refractivity contribution is -0.137. The van der Waals surface area contributed by atoms with Gasteiger partial charge in [0.15, 0.2) is 0 Å². The topological polar surface area (TPSA) is 93.1 Å². The summed E-state index contributed by atoms with van der Waals surface area (Å²) in [6, 6.07) is 3.86. The molecule has 0 aliphatic rings. The van der Waals surface area contributed by atoms with Crippen molar-refractivity contribution < 1.29 is 22.8 Å². The lowest BCUT2D eigenvalue weighted by Crippen LogP contribution is -2.30. The molecule has 0 unspecified atom stereocenters. The highest BCUT2D eigenvalue weighted by atomic mass is 35.5. The maximum atomic E-state index is 12.5. The van der Waals surface area contributed by atoms with Gasteiger partial charge in [-0.1, -0.05) is 11.6 Å². The first kappa shape index (κ1) is 21.8. The molecule has 2 aromatic rings. The quantitative estimate of drug-likeness (QED) is 0.681. The maximum absolute atomic E-state index is 12.5. The number of hydrogen-bond donors (Lipinski definition) is 2. The first-order valence-electron chi connectivity index (χ1n) is 7.68. The van der Waals surface area contributed by atoms with Crippen LogP contribution in [0.4, 0.5) is 18.9 Å². The average molecular weight is 435 g/mol. The van der Waals surface area contributed by atoms with E-state index in [2.05, 4.69) is 15.7 Å². The Bertz CT molecular complexity index is 932. The number of halogens is 4. The van der Waals surface area contributed by atoms with Crippen molar-refractivity contribution in [3.63, 3.8) is 0 Å². The van der Waals surface area contributed by atoms with Crippen molar-refractivity contribution in [2.75, 3.05) is 18.1 Å². The van der Waals surface area contributed by atoms with Gasteiger partial charge in [0.1, 0.15) is 11.6 Å². The number of benzene rings is 1. The van der Waals surface area contributed by atoms with Crippen LogP contribution in [0.5, 0.6) is 0 Å². The Labute approximate surface area is 166 Å². The summed E-state index contributed by atoms with van der Waals surface area (Å²) in [6.45, 7) is -0.486. The maximum Gasteiger partial charge on any atom is 0.416 e. The van der Waals surface area contributed by atoms with Gasteiger partial charge in [-0.25, -0.2) is 4.68 Å². The number of carbonyl (C=O) groups excluding carboxylic acids is 2. The fraction of sp³-hybridized carbons (Fsp3) is 0.250. The summed E-state index contributed by atoms with van der Waals surface area (Å²) < 4.78 is 38.4. The molecule has 2 amide bonds. The molecule has 150 valence electrons. The highest BCUT2D eigenvalue weighted by Crippen LogP contribution is 2.29. The summed E-state index contributed by atoms with van der Waals surface area (Å²) in [5.41, 5.74) is -1.44. The molecule has 0 fully saturated rings. The van der Waals surface area contributed by atoms with Crippen LogP contribution in [-0.2, 0) is 22.3 Å². The second-order valence-electron chi connectivity index (χ2n) is 5.37. The number of hydrogen-bond acceptors (Lipinski definition) is 5. The molecular weight excluding hydrogens is 421 g/mol. The van der Waals surface area contributed by atoms with Crippen molar-refractivity contribution in [2.45, 2.75) is 17.6 Å². The molecular formula is C16H14ClF3N4O3S. The third-order valence-electron chi connectivity index (χ3n) is 3.38. The first-order valence-corrected chi connectivity index (χ1v) is 9.04. The van der Waals surface area contributed by atoms with E-state index >= 15 is 0 Å². The zero-order chi connectivity index (χ0) is 20.9. The summed E-state index contributed by atoms with van der Waals surface area (Å²) in [4.78, 5) is 35.8. The van der Waals surface area contributed by atoms with E-state index in [-0.39, 0.29) is 27.3 Å². The number of thioether (sulfide) groups is 1. The van der Waals surface area contributed by atoms with Crippen LogP contribution >= 0.6 is 23.4 Å². The average Bonchev–Trinajstić information content (AvgIpc) is 2.64. The summed E-state index contributed by atoms with van der Waals surface area (Å²) >= 11 is 6.98. The van der Waals surface area contributed by atoms with E-state index in [1.54, 1.807) is 0 Å². The van der Waals surface area contributed by atoms with Gasteiger partial charge in [0.2, 0.25) is 11.8 Å². The molecule has 2 rings (SSSR count). The molecule has 0 aliphatic heterocycles. The standard InChI is InChI=1S/C16H14ClF3N4O3S/c1-21-13(26)8-28-11-6-22-24(15(27)14(11)17)7-12(25)23-10-4-2-9(3-5-10)16(18,19)20/h2-6H,7-8H2,1H3,(H,21,26)(H,23,25). The Kier molecular flexibility index (Phi) is 7.08. The van der Waals surface area contributed by atoms with Gasteiger partial charge in [-0.15, -0.1) is 11.8 Å². The molecule has 0 saturated carbocycles.